The highest BCUT2D eigenvalue weighted by Gasteiger charge is 2.31. The standard InChI is InChI=1S/C13H10F3NO2S/c14-13(15,16)19-11-3-1-10(2-4-11)12(18)17-7-9-5-6-20-8-9/h1-6,8H,7H2,(H,17,18). The summed E-state index contributed by atoms with van der Waals surface area (Å²) in [7, 11) is 0. The van der Waals surface area contributed by atoms with Crippen LogP contribution in [0.1, 0.15) is 15.9 Å². The Labute approximate surface area is 117 Å². The van der Waals surface area contributed by atoms with Crippen LogP contribution in [0.2, 0.25) is 0 Å². The first-order valence-electron chi connectivity index (χ1n) is 5.59. The molecule has 0 spiro atoms. The molecule has 20 heavy (non-hydrogen) atoms. The predicted molar refractivity (Wildman–Crippen MR) is 68.6 cm³/mol. The number of alkyl halides is 3. The summed E-state index contributed by atoms with van der Waals surface area (Å²) in [5, 5.41) is 6.47. The largest absolute Gasteiger partial charge is 0.573 e. The van der Waals surface area contributed by atoms with Crippen LogP contribution in [0.25, 0.3) is 0 Å². The molecular weight excluding hydrogens is 291 g/mol. The molecule has 0 saturated carbocycles. The molecule has 0 aliphatic carbocycles. The van der Waals surface area contributed by atoms with Gasteiger partial charge >= 0.3 is 6.36 Å². The van der Waals surface area contributed by atoms with Crippen LogP contribution in [0.5, 0.6) is 5.75 Å². The van der Waals surface area contributed by atoms with Gasteiger partial charge in [0.05, 0.1) is 0 Å². The number of ether oxygens (including phenoxy) is 1. The van der Waals surface area contributed by atoms with E-state index in [0.29, 0.717) is 6.54 Å². The number of carbonyl (C=O) groups is 1. The third-order valence-corrected chi connectivity index (χ3v) is 3.12. The molecular formula is C13H10F3NO2S. The van der Waals surface area contributed by atoms with Gasteiger partial charge in [0.1, 0.15) is 5.75 Å². The Morgan fingerprint density at radius 3 is 2.45 bits per heavy atom. The molecule has 0 unspecified atom stereocenters. The van der Waals surface area contributed by atoms with Gasteiger partial charge in [0.25, 0.3) is 5.91 Å². The first-order valence-corrected chi connectivity index (χ1v) is 6.53. The summed E-state index contributed by atoms with van der Waals surface area (Å²) in [6.07, 6.45) is -4.73. The van der Waals surface area contributed by atoms with E-state index in [1.807, 2.05) is 16.8 Å². The van der Waals surface area contributed by atoms with Crippen molar-refractivity contribution in [2.45, 2.75) is 12.9 Å². The highest BCUT2D eigenvalue weighted by molar-refractivity contribution is 7.07. The minimum Gasteiger partial charge on any atom is -0.406 e. The normalized spacial score (nSPS) is 11.2. The molecule has 0 atom stereocenters. The second-order valence-electron chi connectivity index (χ2n) is 3.89. The number of hydrogen-bond donors (Lipinski definition) is 1. The Morgan fingerprint density at radius 2 is 1.90 bits per heavy atom. The summed E-state index contributed by atoms with van der Waals surface area (Å²) in [6, 6.07) is 6.65. The lowest BCUT2D eigenvalue weighted by Gasteiger charge is -2.09. The van der Waals surface area contributed by atoms with Crippen LogP contribution in [0.15, 0.2) is 41.1 Å². The summed E-state index contributed by atoms with van der Waals surface area (Å²) < 4.78 is 39.7. The van der Waals surface area contributed by atoms with Gasteiger partial charge in [-0.3, -0.25) is 4.79 Å². The molecule has 1 aromatic heterocycles. The monoisotopic (exact) mass is 301 g/mol. The van der Waals surface area contributed by atoms with Gasteiger partial charge in [0.15, 0.2) is 0 Å². The number of halogens is 3. The summed E-state index contributed by atoms with van der Waals surface area (Å²) in [5.74, 6) is -0.707. The first kappa shape index (κ1) is 14.4. The molecule has 1 amide bonds. The van der Waals surface area contributed by atoms with Crippen molar-refractivity contribution in [1.29, 1.82) is 0 Å². The molecule has 0 aliphatic rings. The second-order valence-corrected chi connectivity index (χ2v) is 4.67. The van der Waals surface area contributed by atoms with E-state index in [-0.39, 0.29) is 17.2 Å². The number of carbonyl (C=O) groups excluding carboxylic acids is 1. The molecule has 1 heterocycles. The van der Waals surface area contributed by atoms with Crippen molar-refractivity contribution in [1.82, 2.24) is 5.32 Å². The minimum atomic E-state index is -4.73. The van der Waals surface area contributed by atoms with Crippen molar-refractivity contribution < 1.29 is 22.7 Å². The molecule has 0 radical (unpaired) electrons. The zero-order chi connectivity index (χ0) is 14.6. The SMILES string of the molecule is O=C(NCc1ccsc1)c1ccc(OC(F)(F)F)cc1. The van der Waals surface area contributed by atoms with Gasteiger partial charge in [-0.15, -0.1) is 13.2 Å². The van der Waals surface area contributed by atoms with Crippen LogP contribution < -0.4 is 10.1 Å². The van der Waals surface area contributed by atoms with E-state index in [1.165, 1.54) is 23.5 Å². The van der Waals surface area contributed by atoms with Crippen molar-refractivity contribution in [3.8, 4) is 5.75 Å². The predicted octanol–water partition coefficient (Wildman–Crippen LogP) is 3.58. The molecule has 0 aliphatic heterocycles. The van der Waals surface area contributed by atoms with Crippen molar-refractivity contribution in [3.63, 3.8) is 0 Å². The van der Waals surface area contributed by atoms with Crippen LogP contribution >= 0.6 is 11.3 Å². The van der Waals surface area contributed by atoms with Crippen molar-refractivity contribution in [2.24, 2.45) is 0 Å². The quantitative estimate of drug-likeness (QED) is 0.937. The van der Waals surface area contributed by atoms with Crippen LogP contribution in [0.4, 0.5) is 13.2 Å². The van der Waals surface area contributed by atoms with Crippen LogP contribution in [-0.4, -0.2) is 12.3 Å². The van der Waals surface area contributed by atoms with Gasteiger partial charge in [-0.1, -0.05) is 0 Å². The lowest BCUT2D eigenvalue weighted by molar-refractivity contribution is -0.274. The smallest absolute Gasteiger partial charge is 0.406 e. The summed E-state index contributed by atoms with van der Waals surface area (Å²) >= 11 is 1.52. The second kappa shape index (κ2) is 5.96. The summed E-state index contributed by atoms with van der Waals surface area (Å²) in [5.41, 5.74) is 1.25. The molecule has 1 N–H and O–H groups in total. The molecule has 7 heteroatoms. The number of nitrogens with one attached hydrogen (secondary N) is 1. The highest BCUT2D eigenvalue weighted by atomic mass is 32.1. The van der Waals surface area contributed by atoms with E-state index >= 15 is 0 Å². The maximum atomic E-state index is 12.0. The fourth-order valence-electron chi connectivity index (χ4n) is 1.49. The van der Waals surface area contributed by atoms with E-state index in [0.717, 1.165) is 17.7 Å². The molecule has 1 aromatic carbocycles. The van der Waals surface area contributed by atoms with E-state index in [1.54, 1.807) is 0 Å². The average Bonchev–Trinajstić information content (AvgIpc) is 2.88. The highest BCUT2D eigenvalue weighted by Crippen LogP contribution is 2.22. The van der Waals surface area contributed by atoms with Crippen molar-refractivity contribution in [2.75, 3.05) is 0 Å². The average molecular weight is 301 g/mol. The maximum absolute atomic E-state index is 12.0. The Bertz CT molecular complexity index is 564. The van der Waals surface area contributed by atoms with Gasteiger partial charge < -0.3 is 10.1 Å². The molecule has 2 rings (SSSR count). The van der Waals surface area contributed by atoms with Crippen LogP contribution in [-0.2, 0) is 6.54 Å². The first-order chi connectivity index (χ1) is 9.44. The minimum absolute atomic E-state index is 0.273. The Morgan fingerprint density at radius 1 is 1.20 bits per heavy atom. The molecule has 2 aromatic rings. The number of rotatable bonds is 4. The van der Waals surface area contributed by atoms with Gasteiger partial charge in [-0.25, -0.2) is 0 Å². The third kappa shape index (κ3) is 4.27. The lowest BCUT2D eigenvalue weighted by Crippen LogP contribution is -2.22. The Kier molecular flexibility index (Phi) is 4.29. The van der Waals surface area contributed by atoms with Crippen molar-refractivity contribution in [3.05, 3.63) is 52.2 Å². The van der Waals surface area contributed by atoms with Crippen LogP contribution in [0, 0.1) is 0 Å². The third-order valence-electron chi connectivity index (χ3n) is 2.38. The number of amides is 1. The number of hydrogen-bond acceptors (Lipinski definition) is 3. The van der Waals surface area contributed by atoms with E-state index in [2.05, 4.69) is 10.1 Å². The van der Waals surface area contributed by atoms with Gasteiger partial charge in [-0.05, 0) is 46.7 Å². The fraction of sp³-hybridized carbons (Fsp3) is 0.154. The number of thiophene rings is 1. The molecule has 0 saturated heterocycles. The summed E-state index contributed by atoms with van der Waals surface area (Å²) in [6.45, 7) is 0.378. The topological polar surface area (TPSA) is 38.3 Å². The van der Waals surface area contributed by atoms with E-state index in [4.69, 9.17) is 0 Å². The van der Waals surface area contributed by atoms with Gasteiger partial charge in [-0.2, -0.15) is 11.3 Å². The molecule has 0 fully saturated rings. The Balaban J connectivity index is 1.93. The zero-order valence-corrected chi connectivity index (χ0v) is 10.9. The number of benzene rings is 1. The van der Waals surface area contributed by atoms with Gasteiger partial charge in [0.2, 0.25) is 0 Å². The molecule has 0 bridgehead atoms. The van der Waals surface area contributed by atoms with E-state index < -0.39 is 6.36 Å². The molecule has 3 nitrogen and oxygen atoms in total. The summed E-state index contributed by atoms with van der Waals surface area (Å²) in [4.78, 5) is 11.8. The van der Waals surface area contributed by atoms with Crippen LogP contribution in [0.3, 0.4) is 0 Å². The van der Waals surface area contributed by atoms with Crippen molar-refractivity contribution >= 4 is 17.2 Å². The van der Waals surface area contributed by atoms with E-state index in [9.17, 15) is 18.0 Å². The van der Waals surface area contributed by atoms with Gasteiger partial charge in [0, 0.05) is 12.1 Å². The molecule has 106 valence electrons. The maximum Gasteiger partial charge on any atom is 0.573 e. The lowest BCUT2D eigenvalue weighted by atomic mass is 10.2. The Hall–Kier alpha value is -2.02. The zero-order valence-electron chi connectivity index (χ0n) is 10.1. The fourth-order valence-corrected chi connectivity index (χ4v) is 2.15.